The molecule has 1 aromatic heterocycles. The molecule has 19 heavy (non-hydrogen) atoms. The van der Waals surface area contributed by atoms with Crippen LogP contribution in [-0.4, -0.2) is 30.4 Å². The van der Waals surface area contributed by atoms with E-state index in [0.29, 0.717) is 11.6 Å². The number of methoxy groups -OCH3 is 1. The van der Waals surface area contributed by atoms with Crippen molar-refractivity contribution in [3.05, 3.63) is 22.8 Å². The van der Waals surface area contributed by atoms with Crippen molar-refractivity contribution in [3.63, 3.8) is 0 Å². The van der Waals surface area contributed by atoms with Crippen molar-refractivity contribution in [2.24, 2.45) is 0 Å². The lowest BCUT2D eigenvalue weighted by Crippen LogP contribution is -2.41. The van der Waals surface area contributed by atoms with Crippen LogP contribution in [0.2, 0.25) is 5.02 Å². The highest BCUT2D eigenvalue weighted by atomic mass is 35.5. The Kier molecular flexibility index (Phi) is 3.93. The third-order valence-corrected chi connectivity index (χ3v) is 4.09. The van der Waals surface area contributed by atoms with Crippen LogP contribution >= 0.6 is 11.6 Å². The summed E-state index contributed by atoms with van der Waals surface area (Å²) >= 11 is 6.07. The Bertz CT molecular complexity index is 463. The molecule has 0 unspecified atom stereocenters. The highest BCUT2D eigenvalue weighted by molar-refractivity contribution is 6.61. The minimum Gasteiger partial charge on any atom is -0.398 e. The van der Waals surface area contributed by atoms with Crippen LogP contribution in [0.25, 0.3) is 0 Å². The second kappa shape index (κ2) is 5.06. The summed E-state index contributed by atoms with van der Waals surface area (Å²) in [5.41, 5.74) is 0.847. The van der Waals surface area contributed by atoms with Crippen LogP contribution in [0.15, 0.2) is 12.3 Å². The van der Waals surface area contributed by atoms with Gasteiger partial charge in [0.2, 0.25) is 0 Å². The number of pyridine rings is 1. The summed E-state index contributed by atoms with van der Waals surface area (Å²) in [4.78, 5) is 4.30. The lowest BCUT2D eigenvalue weighted by Gasteiger charge is -2.32. The van der Waals surface area contributed by atoms with Crippen molar-refractivity contribution < 1.29 is 14.0 Å². The fourth-order valence-electron chi connectivity index (χ4n) is 1.86. The van der Waals surface area contributed by atoms with E-state index in [0.717, 1.165) is 11.2 Å². The zero-order valence-electron chi connectivity index (χ0n) is 12.0. The quantitative estimate of drug-likeness (QED) is 0.797. The van der Waals surface area contributed by atoms with Crippen LogP contribution in [0.1, 0.15) is 33.3 Å². The number of halogens is 1. The van der Waals surface area contributed by atoms with Gasteiger partial charge in [0.25, 0.3) is 0 Å². The van der Waals surface area contributed by atoms with E-state index in [4.69, 9.17) is 25.6 Å². The monoisotopic (exact) mass is 283 g/mol. The predicted octanol–water partition coefficient (Wildman–Crippen LogP) is 2.18. The third kappa shape index (κ3) is 2.79. The molecule has 1 saturated heterocycles. The average Bonchev–Trinajstić information content (AvgIpc) is 2.51. The van der Waals surface area contributed by atoms with Crippen LogP contribution in [0.3, 0.4) is 0 Å². The molecular formula is C13H19BClNO3. The summed E-state index contributed by atoms with van der Waals surface area (Å²) in [7, 11) is 1.16. The smallest absolute Gasteiger partial charge is 0.398 e. The van der Waals surface area contributed by atoms with E-state index in [9.17, 15) is 0 Å². The van der Waals surface area contributed by atoms with E-state index in [1.54, 1.807) is 13.3 Å². The molecular weight excluding hydrogens is 264 g/mol. The van der Waals surface area contributed by atoms with Gasteiger partial charge in [-0.05, 0) is 39.3 Å². The summed E-state index contributed by atoms with van der Waals surface area (Å²) in [6.07, 6.45) is 1.61. The minimum absolute atomic E-state index is 0.375. The largest absolute Gasteiger partial charge is 0.514 e. The van der Waals surface area contributed by atoms with Crippen molar-refractivity contribution in [3.8, 4) is 0 Å². The van der Waals surface area contributed by atoms with Gasteiger partial charge in [0, 0.05) is 13.3 Å². The minimum atomic E-state index is -0.474. The van der Waals surface area contributed by atoms with Gasteiger partial charge in [-0.25, -0.2) is 0 Å². The summed E-state index contributed by atoms with van der Waals surface area (Å²) in [5, 5.41) is 0.585. The van der Waals surface area contributed by atoms with E-state index in [-0.39, 0.29) is 11.2 Å². The molecule has 0 saturated carbocycles. The maximum absolute atomic E-state index is 6.07. The zero-order chi connectivity index (χ0) is 14.3. The van der Waals surface area contributed by atoms with Gasteiger partial charge >= 0.3 is 7.12 Å². The number of nitrogens with zero attached hydrogens (tertiary/aromatic N) is 1. The first kappa shape index (κ1) is 14.8. The van der Waals surface area contributed by atoms with Crippen LogP contribution in [-0.2, 0) is 20.7 Å². The molecule has 104 valence electrons. The molecule has 0 radical (unpaired) electrons. The van der Waals surface area contributed by atoms with Crippen LogP contribution < -0.4 is 5.59 Å². The molecule has 0 atom stereocenters. The summed E-state index contributed by atoms with van der Waals surface area (Å²) < 4.78 is 17.0. The lowest BCUT2D eigenvalue weighted by molar-refractivity contribution is 0.00578. The van der Waals surface area contributed by atoms with E-state index in [1.807, 2.05) is 33.8 Å². The average molecular weight is 284 g/mol. The van der Waals surface area contributed by atoms with Gasteiger partial charge in [-0.15, -0.1) is 0 Å². The molecule has 0 spiro atoms. The van der Waals surface area contributed by atoms with Gasteiger partial charge in [0.15, 0.2) is 0 Å². The summed E-state index contributed by atoms with van der Waals surface area (Å²) in [5.74, 6) is 0. The van der Waals surface area contributed by atoms with E-state index in [2.05, 4.69) is 4.98 Å². The molecule has 0 bridgehead atoms. The first-order valence-electron chi connectivity index (χ1n) is 6.26. The zero-order valence-corrected chi connectivity index (χ0v) is 12.7. The summed E-state index contributed by atoms with van der Waals surface area (Å²) in [6.45, 7) is 8.49. The highest BCUT2D eigenvalue weighted by Crippen LogP contribution is 2.36. The van der Waals surface area contributed by atoms with E-state index < -0.39 is 7.12 Å². The van der Waals surface area contributed by atoms with Crippen molar-refractivity contribution in [2.75, 3.05) is 7.11 Å². The SMILES string of the molecule is COCc1cc(B2OC(C)(C)C(C)(C)O2)ncc1Cl. The third-order valence-electron chi connectivity index (χ3n) is 3.75. The molecule has 1 aliphatic rings. The van der Waals surface area contributed by atoms with Gasteiger partial charge in [-0.2, -0.15) is 0 Å². The van der Waals surface area contributed by atoms with Crippen LogP contribution in [0.4, 0.5) is 0 Å². The standard InChI is InChI=1S/C13H19BClNO3/c1-12(2)13(3,4)19-14(18-12)11-6-9(8-17-5)10(15)7-16-11/h6-7H,8H2,1-5H3. The molecule has 0 aliphatic carbocycles. The number of hydrogen-bond donors (Lipinski definition) is 0. The molecule has 2 rings (SSSR count). The Morgan fingerprint density at radius 3 is 2.37 bits per heavy atom. The van der Waals surface area contributed by atoms with E-state index >= 15 is 0 Å². The lowest BCUT2D eigenvalue weighted by atomic mass is 9.83. The number of aromatic nitrogens is 1. The molecule has 6 heteroatoms. The Balaban J connectivity index is 2.27. The molecule has 4 nitrogen and oxygen atoms in total. The van der Waals surface area contributed by atoms with Gasteiger partial charge in [0.05, 0.1) is 28.4 Å². The van der Waals surface area contributed by atoms with Gasteiger partial charge in [0.1, 0.15) is 0 Å². The Hall–Kier alpha value is -0.615. The van der Waals surface area contributed by atoms with Gasteiger partial charge < -0.3 is 14.0 Å². The maximum Gasteiger partial charge on any atom is 0.514 e. The molecule has 1 fully saturated rings. The molecule has 1 aromatic rings. The maximum atomic E-state index is 6.07. The van der Waals surface area contributed by atoms with Crippen molar-refractivity contribution in [1.82, 2.24) is 4.98 Å². The topological polar surface area (TPSA) is 40.6 Å². The van der Waals surface area contributed by atoms with Crippen LogP contribution in [0, 0.1) is 0 Å². The number of hydrogen-bond acceptors (Lipinski definition) is 4. The first-order chi connectivity index (χ1) is 8.77. The Morgan fingerprint density at radius 2 is 1.84 bits per heavy atom. The Labute approximate surface area is 119 Å². The van der Waals surface area contributed by atoms with Gasteiger partial charge in [-0.1, -0.05) is 11.6 Å². The number of rotatable bonds is 3. The Morgan fingerprint density at radius 1 is 1.26 bits per heavy atom. The van der Waals surface area contributed by atoms with Crippen molar-refractivity contribution >= 4 is 24.3 Å². The molecule has 0 aromatic carbocycles. The number of ether oxygens (including phenoxy) is 1. The van der Waals surface area contributed by atoms with E-state index in [1.165, 1.54) is 0 Å². The molecule has 2 heterocycles. The first-order valence-corrected chi connectivity index (χ1v) is 6.63. The second-order valence-corrected chi connectivity index (χ2v) is 6.13. The van der Waals surface area contributed by atoms with Crippen molar-refractivity contribution in [2.45, 2.75) is 45.5 Å². The fourth-order valence-corrected chi connectivity index (χ4v) is 2.02. The molecule has 0 N–H and O–H groups in total. The fraction of sp³-hybridized carbons (Fsp3) is 0.615. The van der Waals surface area contributed by atoms with Crippen LogP contribution in [0.5, 0.6) is 0 Å². The molecule has 1 aliphatic heterocycles. The van der Waals surface area contributed by atoms with Gasteiger partial charge in [-0.3, -0.25) is 4.98 Å². The normalized spacial score (nSPS) is 20.8. The van der Waals surface area contributed by atoms with Crippen molar-refractivity contribution in [1.29, 1.82) is 0 Å². The second-order valence-electron chi connectivity index (χ2n) is 5.72. The summed E-state index contributed by atoms with van der Waals surface area (Å²) in [6, 6.07) is 1.87. The molecule has 0 amide bonds. The highest BCUT2D eigenvalue weighted by Gasteiger charge is 2.52. The predicted molar refractivity (Wildman–Crippen MR) is 75.7 cm³/mol.